The molecule has 0 saturated carbocycles. The van der Waals surface area contributed by atoms with E-state index in [0.29, 0.717) is 75.7 Å². The Balaban J connectivity index is 2.40. The van der Waals surface area contributed by atoms with E-state index in [4.69, 9.17) is 22.9 Å². The Hall–Kier alpha value is -5.96. The molecule has 0 bridgehead atoms. The highest BCUT2D eigenvalue weighted by atomic mass is 16.4. The molecule has 390 valence electrons. The van der Waals surface area contributed by atoms with Crippen molar-refractivity contribution in [3.05, 3.63) is 71.8 Å². The summed E-state index contributed by atoms with van der Waals surface area (Å²) in [5.41, 5.74) is 24.3. The fourth-order valence-electron chi connectivity index (χ4n) is 7.52. The third kappa shape index (κ3) is 22.6. The van der Waals surface area contributed by atoms with Gasteiger partial charge in [0.15, 0.2) is 0 Å². The van der Waals surface area contributed by atoms with Crippen molar-refractivity contribution in [3.8, 4) is 0 Å². The smallest absolute Gasteiger partial charge is 0.326 e. The summed E-state index contributed by atoms with van der Waals surface area (Å²) in [7, 11) is 0. The van der Waals surface area contributed by atoms with Crippen molar-refractivity contribution >= 4 is 47.3 Å². The summed E-state index contributed by atoms with van der Waals surface area (Å²) >= 11 is 0. The fraction of sp³-hybridized carbons (Fsp3) is 0.600. The van der Waals surface area contributed by atoms with Crippen LogP contribution in [0.5, 0.6) is 0 Å². The van der Waals surface area contributed by atoms with Gasteiger partial charge in [0.05, 0.1) is 6.04 Å². The molecular weight excluding hydrogens is 899 g/mol. The average Bonchev–Trinajstić information content (AvgIpc) is 3.32. The van der Waals surface area contributed by atoms with Gasteiger partial charge in [-0.2, -0.15) is 0 Å². The molecule has 2 rings (SSSR count). The second-order valence-corrected chi connectivity index (χ2v) is 18.6. The Bertz CT molecular complexity index is 1940. The molecule has 0 unspecified atom stereocenters. The number of hydrogen-bond donors (Lipinski definition) is 12. The van der Waals surface area contributed by atoms with Crippen molar-refractivity contribution in [1.82, 2.24) is 37.2 Å². The van der Waals surface area contributed by atoms with Gasteiger partial charge in [-0.25, -0.2) is 4.79 Å². The van der Waals surface area contributed by atoms with Crippen LogP contribution in [0.1, 0.15) is 110 Å². The van der Waals surface area contributed by atoms with Gasteiger partial charge >= 0.3 is 5.97 Å². The minimum atomic E-state index is -1.28. The van der Waals surface area contributed by atoms with E-state index in [0.717, 1.165) is 0 Å². The Morgan fingerprint density at radius 1 is 0.457 bits per heavy atom. The van der Waals surface area contributed by atoms with Crippen LogP contribution >= 0.6 is 0 Å². The van der Waals surface area contributed by atoms with Gasteiger partial charge in [0.25, 0.3) is 0 Å². The van der Waals surface area contributed by atoms with E-state index in [1.54, 1.807) is 74.5 Å². The normalized spacial score (nSPS) is 14.7. The topological polar surface area (TPSA) is 345 Å². The summed E-state index contributed by atoms with van der Waals surface area (Å²) in [6, 6.07) is 8.53. The lowest BCUT2D eigenvalue weighted by Crippen LogP contribution is -2.61. The van der Waals surface area contributed by atoms with Crippen LogP contribution < -0.4 is 60.2 Å². The number of unbranched alkanes of at least 4 members (excludes halogenated alkanes) is 3. The molecule has 20 heteroatoms. The Labute approximate surface area is 413 Å². The molecule has 7 amide bonds. The molecule has 0 saturated heterocycles. The monoisotopic (exact) mass is 980 g/mol. The molecule has 0 radical (unpaired) electrons. The average molecular weight is 980 g/mol. The fourth-order valence-corrected chi connectivity index (χ4v) is 7.52. The van der Waals surface area contributed by atoms with E-state index in [-0.39, 0.29) is 38.0 Å². The van der Waals surface area contributed by atoms with Crippen LogP contribution in [0.25, 0.3) is 0 Å². The van der Waals surface area contributed by atoms with E-state index < -0.39 is 102 Å². The standard InChI is InChI=1S/C50H81N11O9/c1-31(2)28-39(58-45(64)37(23-13-16-26-52)56-44(63)36(54)22-12-15-25-51)48(67)61-42(32(3)4)49(68)60-41(30-35-20-10-7-11-21-35)47(66)59-40(29-34-18-8-6-9-19-34)46(65)55-33(5)43(62)57-38(50(69)70)24-14-17-27-53/h6-11,18-21,31-33,36-42H,12-17,22-30,51-54H2,1-5H3,(H,55,65)(H,56,63)(H,57,62)(H,58,64)(H,59,66)(H,60,68)(H,61,67)(H,69,70)/t33-,36-,37-,38-,39-,40-,41-,42-/m0/s1. The van der Waals surface area contributed by atoms with E-state index in [2.05, 4.69) is 37.2 Å². The van der Waals surface area contributed by atoms with Crippen LogP contribution in [0, 0.1) is 11.8 Å². The minimum Gasteiger partial charge on any atom is -0.480 e. The van der Waals surface area contributed by atoms with E-state index in [1.165, 1.54) is 6.92 Å². The SMILES string of the molecule is CC(C)C[C@H](NC(=O)[C@H](CCCCN)NC(=O)[C@@H](N)CCCCN)C(=O)N[C@H](C(=O)N[C@@H](Cc1ccccc1)C(=O)N[C@@H](Cc1ccccc1)C(=O)N[C@@H](C)C(=O)N[C@@H](CCCCN)C(=O)O)C(C)C. The maximum atomic E-state index is 14.4. The third-order valence-corrected chi connectivity index (χ3v) is 11.6. The van der Waals surface area contributed by atoms with Gasteiger partial charge in [-0.1, -0.05) is 94.8 Å². The number of aliphatic carboxylic acids is 1. The first-order valence-electron chi connectivity index (χ1n) is 24.6. The van der Waals surface area contributed by atoms with Crippen molar-refractivity contribution in [2.24, 2.45) is 34.8 Å². The maximum Gasteiger partial charge on any atom is 0.326 e. The highest BCUT2D eigenvalue weighted by Gasteiger charge is 2.35. The molecular formula is C50H81N11O9. The molecule has 0 fully saturated rings. The van der Waals surface area contributed by atoms with Crippen molar-refractivity contribution in [3.63, 3.8) is 0 Å². The van der Waals surface area contributed by atoms with Crippen LogP contribution in [0.15, 0.2) is 60.7 Å². The molecule has 0 aliphatic carbocycles. The second-order valence-electron chi connectivity index (χ2n) is 18.6. The zero-order valence-electron chi connectivity index (χ0n) is 41.7. The van der Waals surface area contributed by atoms with Crippen molar-refractivity contribution in [2.75, 3.05) is 19.6 Å². The molecule has 20 nitrogen and oxygen atoms in total. The zero-order chi connectivity index (χ0) is 52.2. The van der Waals surface area contributed by atoms with Gasteiger partial charge in [0, 0.05) is 12.8 Å². The summed E-state index contributed by atoms with van der Waals surface area (Å²) in [5, 5.41) is 28.7. The number of carboxylic acids is 1. The molecule has 2 aromatic rings. The molecule has 0 aliphatic heterocycles. The third-order valence-electron chi connectivity index (χ3n) is 11.6. The molecule has 2 aromatic carbocycles. The van der Waals surface area contributed by atoms with Crippen LogP contribution in [0.3, 0.4) is 0 Å². The highest BCUT2D eigenvalue weighted by Crippen LogP contribution is 2.13. The zero-order valence-corrected chi connectivity index (χ0v) is 41.7. The van der Waals surface area contributed by atoms with Gasteiger partial charge < -0.3 is 65.3 Å². The lowest BCUT2D eigenvalue weighted by molar-refractivity contribution is -0.142. The van der Waals surface area contributed by atoms with Crippen LogP contribution in [-0.2, 0) is 51.2 Å². The van der Waals surface area contributed by atoms with Gasteiger partial charge in [-0.05, 0) is 107 Å². The number of hydrogen-bond acceptors (Lipinski definition) is 12. The molecule has 16 N–H and O–H groups in total. The maximum absolute atomic E-state index is 14.4. The van der Waals surface area contributed by atoms with E-state index in [9.17, 15) is 43.5 Å². The molecule has 0 heterocycles. The number of carbonyl (C=O) groups excluding carboxylic acids is 7. The number of carbonyl (C=O) groups is 8. The van der Waals surface area contributed by atoms with Gasteiger partial charge in [-0.3, -0.25) is 33.6 Å². The quantitative estimate of drug-likeness (QED) is 0.0423. The van der Waals surface area contributed by atoms with Crippen molar-refractivity contribution in [2.45, 2.75) is 160 Å². The number of nitrogens with one attached hydrogen (secondary N) is 7. The molecule has 0 aromatic heterocycles. The van der Waals surface area contributed by atoms with Crippen molar-refractivity contribution < 1.29 is 43.5 Å². The molecule has 0 spiro atoms. The number of nitrogens with two attached hydrogens (primary N) is 4. The number of carboxylic acid groups (broad SMARTS) is 1. The van der Waals surface area contributed by atoms with Crippen LogP contribution in [-0.4, -0.2) is 120 Å². The van der Waals surface area contributed by atoms with Gasteiger partial charge in [0.1, 0.15) is 42.3 Å². The molecule has 8 atom stereocenters. The summed E-state index contributed by atoms with van der Waals surface area (Å²) < 4.78 is 0. The Kier molecular flexibility index (Phi) is 28.2. The molecule has 0 aliphatic rings. The van der Waals surface area contributed by atoms with Crippen LogP contribution in [0.2, 0.25) is 0 Å². The first-order valence-corrected chi connectivity index (χ1v) is 24.6. The highest BCUT2D eigenvalue weighted by molar-refractivity contribution is 5.97. The summed E-state index contributed by atoms with van der Waals surface area (Å²) in [5.74, 6) is -6.54. The number of rotatable bonds is 34. The van der Waals surface area contributed by atoms with E-state index in [1.807, 2.05) is 13.8 Å². The Morgan fingerprint density at radius 2 is 0.857 bits per heavy atom. The predicted octanol–water partition coefficient (Wildman–Crippen LogP) is 0.386. The molecule has 70 heavy (non-hydrogen) atoms. The van der Waals surface area contributed by atoms with E-state index >= 15 is 0 Å². The van der Waals surface area contributed by atoms with Gasteiger partial charge in [-0.15, -0.1) is 0 Å². The lowest BCUT2D eigenvalue weighted by atomic mass is 9.98. The number of benzene rings is 2. The first-order chi connectivity index (χ1) is 33.3. The summed E-state index contributed by atoms with van der Waals surface area (Å²) in [6.45, 7) is 9.75. The minimum absolute atomic E-state index is 0.0115. The largest absolute Gasteiger partial charge is 0.480 e. The Morgan fingerprint density at radius 3 is 1.33 bits per heavy atom. The van der Waals surface area contributed by atoms with Crippen LogP contribution in [0.4, 0.5) is 0 Å². The second kappa shape index (κ2) is 32.8. The summed E-state index contributed by atoms with van der Waals surface area (Å²) in [4.78, 5) is 109. The van der Waals surface area contributed by atoms with Gasteiger partial charge in [0.2, 0.25) is 41.4 Å². The summed E-state index contributed by atoms with van der Waals surface area (Å²) in [6.07, 6.45) is 4.39. The van der Waals surface area contributed by atoms with Crippen molar-refractivity contribution in [1.29, 1.82) is 0 Å². The lowest BCUT2D eigenvalue weighted by Gasteiger charge is -2.29. The predicted molar refractivity (Wildman–Crippen MR) is 268 cm³/mol. The number of amides is 7. The first kappa shape index (κ1) is 60.2.